The second kappa shape index (κ2) is 6.17. The number of carbonyl (C=O) groups is 1. The molecule has 0 unspecified atom stereocenters. The number of rotatable bonds is 5. The highest BCUT2D eigenvalue weighted by molar-refractivity contribution is 7.14. The Bertz CT molecular complexity index is 473. The van der Waals surface area contributed by atoms with Crippen molar-refractivity contribution in [2.24, 2.45) is 5.92 Å². The number of nitrogens with two attached hydrogens (primary N) is 1. The predicted octanol–water partition coefficient (Wildman–Crippen LogP) is 4.36. The van der Waals surface area contributed by atoms with Crippen LogP contribution in [0.1, 0.15) is 67.4 Å². The Morgan fingerprint density at radius 1 is 1.45 bits per heavy atom. The molecule has 1 heterocycles. The first kappa shape index (κ1) is 15.4. The predicted molar refractivity (Wildman–Crippen MR) is 84.3 cm³/mol. The second-order valence-electron chi connectivity index (χ2n) is 6.20. The van der Waals surface area contributed by atoms with Crippen molar-refractivity contribution in [1.82, 2.24) is 0 Å². The first-order valence-electron chi connectivity index (χ1n) is 7.55. The monoisotopic (exact) mass is 295 g/mol. The van der Waals surface area contributed by atoms with Crippen LogP contribution in [-0.4, -0.2) is 12.6 Å². The lowest BCUT2D eigenvalue weighted by atomic mass is 9.77. The highest BCUT2D eigenvalue weighted by atomic mass is 32.1. The standard InChI is InChI=1S/C16H25NO2S/c1-4-19-15(18)14-12(17)9-13(20-14)16(10-11(2)3)7-5-6-8-16/h9,11H,4-8,10,17H2,1-3H3. The van der Waals surface area contributed by atoms with Crippen LogP contribution in [-0.2, 0) is 10.2 Å². The zero-order chi connectivity index (χ0) is 14.8. The first-order valence-corrected chi connectivity index (χ1v) is 8.37. The van der Waals surface area contributed by atoms with Gasteiger partial charge in [0.15, 0.2) is 0 Å². The van der Waals surface area contributed by atoms with Crippen LogP contribution in [0.25, 0.3) is 0 Å². The van der Waals surface area contributed by atoms with Crippen molar-refractivity contribution in [3.05, 3.63) is 15.8 Å². The number of thiophene rings is 1. The fourth-order valence-corrected chi connectivity index (χ4v) is 4.64. The average Bonchev–Trinajstić information content (AvgIpc) is 2.96. The number of ether oxygens (including phenoxy) is 1. The number of hydrogen-bond acceptors (Lipinski definition) is 4. The van der Waals surface area contributed by atoms with Crippen molar-refractivity contribution in [2.75, 3.05) is 12.3 Å². The number of nitrogen functional groups attached to an aromatic ring is 1. The Kier molecular flexibility index (Phi) is 4.74. The molecule has 0 amide bonds. The summed E-state index contributed by atoms with van der Waals surface area (Å²) in [5, 5.41) is 0. The minimum absolute atomic E-state index is 0.234. The van der Waals surface area contributed by atoms with E-state index in [2.05, 4.69) is 13.8 Å². The van der Waals surface area contributed by atoms with Crippen LogP contribution in [0.5, 0.6) is 0 Å². The van der Waals surface area contributed by atoms with E-state index in [0.717, 1.165) is 0 Å². The van der Waals surface area contributed by atoms with E-state index in [1.54, 1.807) is 11.3 Å². The molecule has 1 aliphatic carbocycles. The number of anilines is 1. The van der Waals surface area contributed by atoms with Gasteiger partial charge in [-0.1, -0.05) is 26.7 Å². The Labute approximate surface area is 125 Å². The Balaban J connectivity index is 2.31. The highest BCUT2D eigenvalue weighted by Crippen LogP contribution is 2.49. The van der Waals surface area contributed by atoms with Gasteiger partial charge in [0, 0.05) is 10.3 Å². The third kappa shape index (κ3) is 3.00. The molecule has 0 radical (unpaired) electrons. The molecule has 0 atom stereocenters. The van der Waals surface area contributed by atoms with Gasteiger partial charge in [0.1, 0.15) is 4.88 Å². The molecular formula is C16H25NO2S. The van der Waals surface area contributed by atoms with Gasteiger partial charge in [0.2, 0.25) is 0 Å². The van der Waals surface area contributed by atoms with Crippen molar-refractivity contribution in [3.63, 3.8) is 0 Å². The second-order valence-corrected chi connectivity index (χ2v) is 7.25. The van der Waals surface area contributed by atoms with E-state index in [1.165, 1.54) is 37.0 Å². The lowest BCUT2D eigenvalue weighted by Crippen LogP contribution is -2.23. The van der Waals surface area contributed by atoms with Crippen LogP contribution in [0.3, 0.4) is 0 Å². The van der Waals surface area contributed by atoms with E-state index < -0.39 is 0 Å². The maximum absolute atomic E-state index is 11.9. The molecule has 0 saturated heterocycles. The van der Waals surface area contributed by atoms with Gasteiger partial charge < -0.3 is 10.5 Å². The molecule has 4 heteroatoms. The number of carbonyl (C=O) groups excluding carboxylic acids is 1. The normalized spacial score (nSPS) is 17.6. The summed E-state index contributed by atoms with van der Waals surface area (Å²) < 4.78 is 5.09. The zero-order valence-corrected chi connectivity index (χ0v) is 13.5. The molecule has 2 N–H and O–H groups in total. The van der Waals surface area contributed by atoms with Crippen molar-refractivity contribution in [1.29, 1.82) is 0 Å². The van der Waals surface area contributed by atoms with Gasteiger partial charge in [-0.05, 0) is 38.2 Å². The third-order valence-electron chi connectivity index (χ3n) is 4.10. The minimum atomic E-state index is -0.279. The van der Waals surface area contributed by atoms with Crippen LogP contribution in [0.2, 0.25) is 0 Å². The average molecular weight is 295 g/mol. The minimum Gasteiger partial charge on any atom is -0.462 e. The van der Waals surface area contributed by atoms with Gasteiger partial charge in [-0.25, -0.2) is 4.79 Å². The molecule has 0 bridgehead atoms. The van der Waals surface area contributed by atoms with Crippen molar-refractivity contribution < 1.29 is 9.53 Å². The molecule has 112 valence electrons. The SMILES string of the molecule is CCOC(=O)c1sc(C2(CC(C)C)CCCC2)cc1N. The summed E-state index contributed by atoms with van der Waals surface area (Å²) in [5.74, 6) is 0.376. The van der Waals surface area contributed by atoms with E-state index in [9.17, 15) is 4.79 Å². The Morgan fingerprint density at radius 2 is 2.10 bits per heavy atom. The fourth-order valence-electron chi connectivity index (χ4n) is 3.41. The van der Waals surface area contributed by atoms with Gasteiger partial charge >= 0.3 is 5.97 Å². The van der Waals surface area contributed by atoms with Crippen LogP contribution in [0.4, 0.5) is 5.69 Å². The fraction of sp³-hybridized carbons (Fsp3) is 0.688. The maximum Gasteiger partial charge on any atom is 0.350 e. The number of hydrogen-bond donors (Lipinski definition) is 1. The van der Waals surface area contributed by atoms with Gasteiger partial charge in [0.05, 0.1) is 12.3 Å². The molecule has 1 aliphatic rings. The van der Waals surface area contributed by atoms with Gasteiger partial charge in [0.25, 0.3) is 0 Å². The lowest BCUT2D eigenvalue weighted by Gasteiger charge is -2.29. The number of esters is 1. The molecule has 2 rings (SSSR count). The van der Waals surface area contributed by atoms with Gasteiger partial charge in [-0.3, -0.25) is 0 Å². The molecular weight excluding hydrogens is 270 g/mol. The van der Waals surface area contributed by atoms with Crippen LogP contribution < -0.4 is 5.73 Å². The zero-order valence-electron chi connectivity index (χ0n) is 12.7. The molecule has 20 heavy (non-hydrogen) atoms. The summed E-state index contributed by atoms with van der Waals surface area (Å²) >= 11 is 1.55. The molecule has 0 aromatic carbocycles. The van der Waals surface area contributed by atoms with Crippen LogP contribution >= 0.6 is 11.3 Å². The maximum atomic E-state index is 11.9. The topological polar surface area (TPSA) is 52.3 Å². The smallest absolute Gasteiger partial charge is 0.350 e. The summed E-state index contributed by atoms with van der Waals surface area (Å²) in [5.41, 5.74) is 6.86. The van der Waals surface area contributed by atoms with E-state index in [1.807, 2.05) is 13.0 Å². The van der Waals surface area contributed by atoms with Crippen LogP contribution in [0.15, 0.2) is 6.07 Å². The Hall–Kier alpha value is -1.03. The van der Waals surface area contributed by atoms with Crippen molar-refractivity contribution in [3.8, 4) is 0 Å². The van der Waals surface area contributed by atoms with E-state index in [-0.39, 0.29) is 11.4 Å². The van der Waals surface area contributed by atoms with E-state index >= 15 is 0 Å². The summed E-state index contributed by atoms with van der Waals surface area (Å²) in [6.45, 7) is 6.75. The molecule has 0 spiro atoms. The van der Waals surface area contributed by atoms with Crippen LogP contribution in [0, 0.1) is 5.92 Å². The largest absolute Gasteiger partial charge is 0.462 e. The lowest BCUT2D eigenvalue weighted by molar-refractivity contribution is 0.0533. The molecule has 1 saturated carbocycles. The molecule has 1 aromatic heterocycles. The molecule has 1 fully saturated rings. The van der Waals surface area contributed by atoms with Crippen molar-refractivity contribution in [2.45, 2.75) is 58.3 Å². The third-order valence-corrected chi connectivity index (χ3v) is 5.48. The summed E-state index contributed by atoms with van der Waals surface area (Å²) in [6, 6.07) is 2.02. The van der Waals surface area contributed by atoms with Gasteiger partial charge in [-0.2, -0.15) is 0 Å². The summed E-state index contributed by atoms with van der Waals surface area (Å²) in [4.78, 5) is 13.8. The quantitative estimate of drug-likeness (QED) is 0.821. The Morgan fingerprint density at radius 3 is 2.65 bits per heavy atom. The molecule has 0 aliphatic heterocycles. The molecule has 3 nitrogen and oxygen atoms in total. The van der Waals surface area contributed by atoms with Gasteiger partial charge in [-0.15, -0.1) is 11.3 Å². The van der Waals surface area contributed by atoms with Crippen molar-refractivity contribution >= 4 is 23.0 Å². The summed E-state index contributed by atoms with van der Waals surface area (Å²) in [7, 11) is 0. The van der Waals surface area contributed by atoms with E-state index in [4.69, 9.17) is 10.5 Å². The molecule has 1 aromatic rings. The first-order chi connectivity index (χ1) is 9.48. The highest BCUT2D eigenvalue weighted by Gasteiger charge is 2.38. The van der Waals surface area contributed by atoms with E-state index in [0.29, 0.717) is 23.1 Å². The summed E-state index contributed by atoms with van der Waals surface area (Å²) in [6.07, 6.45) is 6.16.